The van der Waals surface area contributed by atoms with E-state index >= 15 is 0 Å². The fraction of sp³-hybridized carbons (Fsp3) is 0.143. The molecule has 0 spiro atoms. The molecule has 0 aliphatic carbocycles. The average molecular weight is 306 g/mol. The number of pyridine rings is 1. The summed E-state index contributed by atoms with van der Waals surface area (Å²) in [6, 6.07) is 12.9. The number of carbonyl (C=O) groups excluding carboxylic acids is 1. The lowest BCUT2D eigenvalue weighted by Crippen LogP contribution is -2.09. The topological polar surface area (TPSA) is 39.2 Å². The third-order valence-corrected chi connectivity index (χ3v) is 2.95. The van der Waals surface area contributed by atoms with Crippen LogP contribution in [0.3, 0.4) is 0 Å². The highest BCUT2D eigenvalue weighted by molar-refractivity contribution is 9.10. The second-order valence-electron chi connectivity index (χ2n) is 3.83. The van der Waals surface area contributed by atoms with Gasteiger partial charge in [0.1, 0.15) is 10.7 Å². The van der Waals surface area contributed by atoms with E-state index in [1.165, 1.54) is 0 Å². The van der Waals surface area contributed by atoms with E-state index in [0.29, 0.717) is 10.2 Å². The first-order valence-electron chi connectivity index (χ1n) is 5.54. The molecule has 0 radical (unpaired) electrons. The molecule has 2 aromatic rings. The number of aromatic nitrogens is 1. The van der Waals surface area contributed by atoms with Crippen molar-refractivity contribution < 1.29 is 9.53 Å². The number of nitrogens with zero attached hydrogens (tertiary/aromatic N) is 1. The van der Waals surface area contributed by atoms with Crippen LogP contribution in [0.2, 0.25) is 0 Å². The van der Waals surface area contributed by atoms with Crippen molar-refractivity contribution >= 4 is 21.9 Å². The Bertz CT molecular complexity index is 543. The number of benzene rings is 1. The van der Waals surface area contributed by atoms with Gasteiger partial charge in [-0.05, 0) is 40.5 Å². The summed E-state index contributed by atoms with van der Waals surface area (Å²) in [7, 11) is 0. The number of hydrogen-bond acceptors (Lipinski definition) is 3. The highest BCUT2D eigenvalue weighted by Gasteiger charge is 2.13. The van der Waals surface area contributed by atoms with Gasteiger partial charge in [0.25, 0.3) is 0 Å². The number of rotatable bonds is 3. The lowest BCUT2D eigenvalue weighted by molar-refractivity contribution is 0.0337. The van der Waals surface area contributed by atoms with Crippen LogP contribution >= 0.6 is 15.9 Å². The van der Waals surface area contributed by atoms with Crippen LogP contribution in [-0.2, 0) is 4.74 Å². The second kappa shape index (κ2) is 5.78. The van der Waals surface area contributed by atoms with Crippen molar-refractivity contribution in [3.63, 3.8) is 0 Å². The Kier molecular flexibility index (Phi) is 4.10. The van der Waals surface area contributed by atoms with E-state index in [0.717, 1.165) is 5.56 Å². The molecule has 92 valence electrons. The zero-order valence-corrected chi connectivity index (χ0v) is 11.4. The van der Waals surface area contributed by atoms with E-state index in [2.05, 4.69) is 20.9 Å². The van der Waals surface area contributed by atoms with Crippen molar-refractivity contribution in [1.82, 2.24) is 4.98 Å². The molecule has 1 aromatic carbocycles. The van der Waals surface area contributed by atoms with Crippen LogP contribution in [0.1, 0.15) is 28.9 Å². The number of ether oxygens (including phenoxy) is 1. The standard InChI is InChI=1S/C14H12BrNO2/c1-10(11-5-3-2-4-6-11)18-14(17)12-7-8-16-13(15)9-12/h2-10H,1H3. The molecule has 0 bridgehead atoms. The summed E-state index contributed by atoms with van der Waals surface area (Å²) in [6.07, 6.45) is 1.29. The van der Waals surface area contributed by atoms with Gasteiger partial charge in [0.15, 0.2) is 0 Å². The molecule has 1 atom stereocenters. The van der Waals surface area contributed by atoms with Crippen molar-refractivity contribution in [1.29, 1.82) is 0 Å². The SMILES string of the molecule is CC(OC(=O)c1ccnc(Br)c1)c1ccccc1. The lowest BCUT2D eigenvalue weighted by atomic mass is 10.1. The lowest BCUT2D eigenvalue weighted by Gasteiger charge is -2.13. The molecule has 1 unspecified atom stereocenters. The van der Waals surface area contributed by atoms with Gasteiger partial charge in [0.05, 0.1) is 5.56 Å². The minimum Gasteiger partial charge on any atom is -0.454 e. The monoisotopic (exact) mass is 305 g/mol. The Balaban J connectivity index is 2.08. The first-order chi connectivity index (χ1) is 8.66. The maximum atomic E-state index is 11.9. The Morgan fingerprint density at radius 1 is 1.28 bits per heavy atom. The predicted molar refractivity (Wildman–Crippen MR) is 72.2 cm³/mol. The fourth-order valence-electron chi connectivity index (χ4n) is 1.55. The first-order valence-corrected chi connectivity index (χ1v) is 6.33. The van der Waals surface area contributed by atoms with Gasteiger partial charge in [-0.1, -0.05) is 30.3 Å². The van der Waals surface area contributed by atoms with Gasteiger partial charge >= 0.3 is 5.97 Å². The quantitative estimate of drug-likeness (QED) is 0.640. The third-order valence-electron chi connectivity index (χ3n) is 2.52. The second-order valence-corrected chi connectivity index (χ2v) is 4.64. The number of esters is 1. The molecule has 4 heteroatoms. The molecule has 3 nitrogen and oxygen atoms in total. The van der Waals surface area contributed by atoms with E-state index in [1.807, 2.05) is 37.3 Å². The Morgan fingerprint density at radius 3 is 2.67 bits per heavy atom. The van der Waals surface area contributed by atoms with Crippen LogP contribution < -0.4 is 0 Å². The summed E-state index contributed by atoms with van der Waals surface area (Å²) in [6.45, 7) is 1.85. The molecule has 0 amide bonds. The van der Waals surface area contributed by atoms with E-state index in [1.54, 1.807) is 18.3 Å². The normalized spacial score (nSPS) is 11.9. The van der Waals surface area contributed by atoms with Gasteiger partial charge in [0, 0.05) is 6.20 Å². The summed E-state index contributed by atoms with van der Waals surface area (Å²) in [5.74, 6) is -0.352. The van der Waals surface area contributed by atoms with E-state index in [4.69, 9.17) is 4.74 Å². The minimum atomic E-state index is -0.352. The maximum Gasteiger partial charge on any atom is 0.338 e. The van der Waals surface area contributed by atoms with Crippen LogP contribution in [-0.4, -0.2) is 11.0 Å². The molecule has 0 saturated carbocycles. The van der Waals surface area contributed by atoms with Gasteiger partial charge < -0.3 is 4.74 Å². The Labute approximate surface area is 114 Å². The zero-order chi connectivity index (χ0) is 13.0. The fourth-order valence-corrected chi connectivity index (χ4v) is 1.91. The molecule has 18 heavy (non-hydrogen) atoms. The van der Waals surface area contributed by atoms with Gasteiger partial charge in [-0.15, -0.1) is 0 Å². The smallest absolute Gasteiger partial charge is 0.338 e. The summed E-state index contributed by atoms with van der Waals surface area (Å²) >= 11 is 3.22. The zero-order valence-electron chi connectivity index (χ0n) is 9.84. The van der Waals surface area contributed by atoms with Crippen LogP contribution in [0.4, 0.5) is 0 Å². The predicted octanol–water partition coefficient (Wildman–Crippen LogP) is 3.76. The average Bonchev–Trinajstić information content (AvgIpc) is 2.39. The molecule has 0 N–H and O–H groups in total. The molecular weight excluding hydrogens is 294 g/mol. The van der Waals surface area contributed by atoms with Gasteiger partial charge in [0.2, 0.25) is 0 Å². The molecule has 0 aliphatic rings. The highest BCUT2D eigenvalue weighted by atomic mass is 79.9. The molecule has 1 aromatic heterocycles. The molecule has 0 aliphatic heterocycles. The van der Waals surface area contributed by atoms with E-state index in [-0.39, 0.29) is 12.1 Å². The third kappa shape index (κ3) is 3.17. The number of hydrogen-bond donors (Lipinski definition) is 0. The minimum absolute atomic E-state index is 0.273. The summed E-state index contributed by atoms with van der Waals surface area (Å²) in [5, 5.41) is 0. The van der Waals surface area contributed by atoms with Gasteiger partial charge in [-0.3, -0.25) is 0 Å². The summed E-state index contributed by atoms with van der Waals surface area (Å²) in [4.78, 5) is 15.9. The van der Waals surface area contributed by atoms with E-state index in [9.17, 15) is 4.79 Å². The summed E-state index contributed by atoms with van der Waals surface area (Å²) in [5.41, 5.74) is 1.46. The van der Waals surface area contributed by atoms with Crippen LogP contribution in [0.25, 0.3) is 0 Å². The van der Waals surface area contributed by atoms with Crippen LogP contribution in [0.5, 0.6) is 0 Å². The van der Waals surface area contributed by atoms with Crippen molar-refractivity contribution in [3.8, 4) is 0 Å². The van der Waals surface area contributed by atoms with Crippen LogP contribution in [0.15, 0.2) is 53.3 Å². The van der Waals surface area contributed by atoms with Crippen LogP contribution in [0, 0.1) is 0 Å². The first kappa shape index (κ1) is 12.8. The molecule has 0 saturated heterocycles. The number of carbonyl (C=O) groups is 1. The van der Waals surface area contributed by atoms with Crippen molar-refractivity contribution in [2.24, 2.45) is 0 Å². The van der Waals surface area contributed by atoms with Crippen molar-refractivity contribution in [3.05, 3.63) is 64.4 Å². The van der Waals surface area contributed by atoms with Crippen molar-refractivity contribution in [2.75, 3.05) is 0 Å². The molecular formula is C14H12BrNO2. The van der Waals surface area contributed by atoms with E-state index < -0.39 is 0 Å². The largest absolute Gasteiger partial charge is 0.454 e. The Morgan fingerprint density at radius 2 is 2.00 bits per heavy atom. The Hall–Kier alpha value is -1.68. The van der Waals surface area contributed by atoms with Gasteiger partial charge in [-0.25, -0.2) is 9.78 Å². The van der Waals surface area contributed by atoms with Gasteiger partial charge in [-0.2, -0.15) is 0 Å². The molecule has 0 fully saturated rings. The number of halogens is 1. The molecule has 2 rings (SSSR count). The summed E-state index contributed by atoms with van der Waals surface area (Å²) < 4.78 is 6.01. The van der Waals surface area contributed by atoms with Crippen molar-refractivity contribution in [2.45, 2.75) is 13.0 Å². The highest BCUT2D eigenvalue weighted by Crippen LogP contribution is 2.18. The maximum absolute atomic E-state index is 11.9. The molecule has 1 heterocycles.